The lowest BCUT2D eigenvalue weighted by Crippen LogP contribution is -1.98. The molecule has 0 atom stereocenters. The first kappa shape index (κ1) is 16.5. The maximum Gasteiger partial charge on any atom is 0.179 e. The Kier molecular flexibility index (Phi) is 4.27. The van der Waals surface area contributed by atoms with Crippen molar-refractivity contribution in [1.29, 1.82) is 0 Å². The van der Waals surface area contributed by atoms with Crippen LogP contribution in [0.4, 0.5) is 0 Å². The van der Waals surface area contributed by atoms with Crippen molar-refractivity contribution in [3.63, 3.8) is 0 Å². The Morgan fingerprint density at radius 3 is 2.35 bits per heavy atom. The number of methoxy groups -OCH3 is 1. The average molecular weight is 362 g/mol. The van der Waals surface area contributed by atoms with Gasteiger partial charge in [0, 0.05) is 16.0 Å². The maximum atomic E-state index is 6.04. The summed E-state index contributed by atoms with van der Waals surface area (Å²) in [7, 11) is 1.63. The molecule has 0 amide bonds. The van der Waals surface area contributed by atoms with Gasteiger partial charge in [0.25, 0.3) is 0 Å². The monoisotopic (exact) mass is 361 g/mol. The number of para-hydroxylation sites is 1. The lowest BCUT2D eigenvalue weighted by molar-refractivity contribution is 0.409. The van der Waals surface area contributed by atoms with Crippen LogP contribution in [0.25, 0.3) is 33.7 Å². The maximum absolute atomic E-state index is 6.04. The van der Waals surface area contributed by atoms with Gasteiger partial charge in [-0.05, 0) is 37.3 Å². The van der Waals surface area contributed by atoms with Crippen LogP contribution in [-0.2, 0) is 0 Å². The molecular weight excluding hydrogens is 346 g/mol. The molecule has 0 aliphatic heterocycles. The van der Waals surface area contributed by atoms with E-state index in [-0.39, 0.29) is 0 Å². The zero-order chi connectivity index (χ0) is 18.1. The van der Waals surface area contributed by atoms with Crippen molar-refractivity contribution in [2.45, 2.75) is 6.92 Å². The fraction of sp³-hybridized carbons (Fsp3) is 0.0952. The molecule has 0 aliphatic carbocycles. The van der Waals surface area contributed by atoms with E-state index in [2.05, 4.69) is 4.98 Å². The van der Waals surface area contributed by atoms with Crippen LogP contribution in [0.1, 0.15) is 5.69 Å². The van der Waals surface area contributed by atoms with Crippen LogP contribution in [0.15, 0.2) is 60.7 Å². The fourth-order valence-electron chi connectivity index (χ4n) is 2.91. The first-order chi connectivity index (χ1) is 12.7. The van der Waals surface area contributed by atoms with Gasteiger partial charge in [-0.2, -0.15) is 0 Å². The minimum atomic E-state index is 0.583. The molecule has 0 saturated heterocycles. The van der Waals surface area contributed by atoms with Crippen molar-refractivity contribution in [1.82, 2.24) is 15.0 Å². The Labute approximate surface area is 156 Å². The van der Waals surface area contributed by atoms with Crippen molar-refractivity contribution in [2.24, 2.45) is 0 Å². The molecule has 5 heteroatoms. The van der Waals surface area contributed by atoms with Gasteiger partial charge < -0.3 is 4.74 Å². The highest BCUT2D eigenvalue weighted by Crippen LogP contribution is 2.30. The number of aryl methyl sites for hydroxylation is 1. The number of hydrogen-bond donors (Lipinski definition) is 0. The highest BCUT2D eigenvalue weighted by atomic mass is 35.5. The van der Waals surface area contributed by atoms with E-state index in [1.54, 1.807) is 7.11 Å². The lowest BCUT2D eigenvalue weighted by atomic mass is 10.1. The normalized spacial score (nSPS) is 10.9. The van der Waals surface area contributed by atoms with E-state index in [0.717, 1.165) is 33.6 Å². The van der Waals surface area contributed by atoms with Gasteiger partial charge in [0.15, 0.2) is 5.82 Å². The SMILES string of the molecule is COc1ccc(-c2nc(-c3ccc(Cl)cc3)c3ccccc3n2)nc1C. The van der Waals surface area contributed by atoms with Gasteiger partial charge in [-0.25, -0.2) is 15.0 Å². The van der Waals surface area contributed by atoms with Crippen LogP contribution in [0.3, 0.4) is 0 Å². The Morgan fingerprint density at radius 2 is 1.62 bits per heavy atom. The van der Waals surface area contributed by atoms with Crippen LogP contribution >= 0.6 is 11.6 Å². The second-order valence-corrected chi connectivity index (χ2v) is 6.34. The molecule has 0 N–H and O–H groups in total. The molecule has 0 saturated carbocycles. The van der Waals surface area contributed by atoms with Crippen molar-refractivity contribution < 1.29 is 4.74 Å². The third kappa shape index (κ3) is 3.00. The molecule has 0 bridgehead atoms. The summed E-state index contributed by atoms with van der Waals surface area (Å²) in [6, 6.07) is 19.4. The van der Waals surface area contributed by atoms with E-state index >= 15 is 0 Å². The van der Waals surface area contributed by atoms with E-state index < -0.39 is 0 Å². The summed E-state index contributed by atoms with van der Waals surface area (Å²) in [4.78, 5) is 14.1. The molecule has 2 heterocycles. The molecule has 0 unspecified atom stereocenters. The van der Waals surface area contributed by atoms with E-state index in [1.807, 2.05) is 67.6 Å². The molecule has 0 spiro atoms. The Hall–Kier alpha value is -2.98. The summed E-state index contributed by atoms with van der Waals surface area (Å²) in [5.41, 5.74) is 4.23. The Bertz CT molecular complexity index is 1090. The summed E-state index contributed by atoms with van der Waals surface area (Å²) < 4.78 is 5.29. The minimum Gasteiger partial charge on any atom is -0.495 e. The smallest absolute Gasteiger partial charge is 0.179 e. The van der Waals surface area contributed by atoms with Gasteiger partial charge in [0.1, 0.15) is 11.4 Å². The third-order valence-corrected chi connectivity index (χ3v) is 4.46. The summed E-state index contributed by atoms with van der Waals surface area (Å²) in [6.45, 7) is 1.91. The second kappa shape index (κ2) is 6.73. The van der Waals surface area contributed by atoms with Gasteiger partial charge in [-0.15, -0.1) is 0 Å². The zero-order valence-corrected chi connectivity index (χ0v) is 15.2. The third-order valence-electron chi connectivity index (χ3n) is 4.21. The van der Waals surface area contributed by atoms with E-state index in [1.165, 1.54) is 0 Å². The fourth-order valence-corrected chi connectivity index (χ4v) is 3.03. The predicted molar refractivity (Wildman–Crippen MR) is 105 cm³/mol. The Balaban J connectivity index is 1.94. The van der Waals surface area contributed by atoms with Gasteiger partial charge >= 0.3 is 0 Å². The van der Waals surface area contributed by atoms with Gasteiger partial charge in [-0.3, -0.25) is 0 Å². The predicted octanol–water partition coefficient (Wildman–Crippen LogP) is 5.33. The van der Waals surface area contributed by atoms with Crippen LogP contribution in [0.2, 0.25) is 5.02 Å². The lowest BCUT2D eigenvalue weighted by Gasteiger charge is -2.10. The van der Waals surface area contributed by atoms with E-state index in [9.17, 15) is 0 Å². The summed E-state index contributed by atoms with van der Waals surface area (Å²) in [5, 5.41) is 1.68. The number of ether oxygens (including phenoxy) is 1. The number of nitrogens with zero attached hydrogens (tertiary/aromatic N) is 3. The minimum absolute atomic E-state index is 0.583. The molecule has 2 aromatic carbocycles. The standard InChI is InChI=1S/C21H16ClN3O/c1-13-19(26-2)12-11-18(23-13)21-24-17-6-4-3-5-16(17)20(25-21)14-7-9-15(22)10-8-14/h3-12H,1-2H3. The quantitative estimate of drug-likeness (QED) is 0.495. The summed E-state index contributed by atoms with van der Waals surface area (Å²) in [6.07, 6.45) is 0. The van der Waals surface area contributed by atoms with Gasteiger partial charge in [0.2, 0.25) is 0 Å². The molecule has 4 aromatic rings. The van der Waals surface area contributed by atoms with Crippen molar-refractivity contribution in [3.05, 3.63) is 71.4 Å². The molecule has 4 rings (SSSR count). The molecule has 0 radical (unpaired) electrons. The van der Waals surface area contributed by atoms with Crippen molar-refractivity contribution >= 4 is 22.5 Å². The number of pyridine rings is 1. The van der Waals surface area contributed by atoms with Gasteiger partial charge in [-0.1, -0.05) is 41.9 Å². The largest absolute Gasteiger partial charge is 0.495 e. The van der Waals surface area contributed by atoms with E-state index in [4.69, 9.17) is 26.3 Å². The molecule has 0 fully saturated rings. The van der Waals surface area contributed by atoms with Crippen LogP contribution in [-0.4, -0.2) is 22.1 Å². The first-order valence-electron chi connectivity index (χ1n) is 8.20. The van der Waals surface area contributed by atoms with Crippen molar-refractivity contribution in [3.8, 4) is 28.5 Å². The molecular formula is C21H16ClN3O. The van der Waals surface area contributed by atoms with Gasteiger partial charge in [0.05, 0.1) is 24.0 Å². The highest BCUT2D eigenvalue weighted by molar-refractivity contribution is 6.30. The Morgan fingerprint density at radius 1 is 0.846 bits per heavy atom. The number of aromatic nitrogens is 3. The van der Waals surface area contributed by atoms with Crippen molar-refractivity contribution in [2.75, 3.05) is 7.11 Å². The molecule has 2 aromatic heterocycles. The highest BCUT2D eigenvalue weighted by Gasteiger charge is 2.13. The first-order valence-corrected chi connectivity index (χ1v) is 8.58. The summed E-state index contributed by atoms with van der Waals surface area (Å²) in [5.74, 6) is 1.33. The number of hydrogen-bond acceptors (Lipinski definition) is 4. The zero-order valence-electron chi connectivity index (χ0n) is 14.4. The summed E-state index contributed by atoms with van der Waals surface area (Å²) >= 11 is 6.04. The number of halogens is 1. The van der Waals surface area contributed by atoms with E-state index in [0.29, 0.717) is 16.5 Å². The topological polar surface area (TPSA) is 47.9 Å². The number of benzene rings is 2. The van der Waals surface area contributed by atoms with Crippen LogP contribution in [0, 0.1) is 6.92 Å². The average Bonchev–Trinajstić information content (AvgIpc) is 2.67. The van der Waals surface area contributed by atoms with Crippen LogP contribution < -0.4 is 4.74 Å². The van der Waals surface area contributed by atoms with Crippen LogP contribution in [0.5, 0.6) is 5.75 Å². The number of rotatable bonds is 3. The molecule has 26 heavy (non-hydrogen) atoms. The molecule has 128 valence electrons. The molecule has 4 nitrogen and oxygen atoms in total. The molecule has 0 aliphatic rings. The number of fused-ring (bicyclic) bond motifs is 1. The second-order valence-electron chi connectivity index (χ2n) is 5.90.